The fraction of sp³-hybridized carbons (Fsp3) is 0.154. The number of nitrogens with zero attached hydrogens (tertiary/aromatic N) is 1. The van der Waals surface area contributed by atoms with Crippen LogP contribution < -0.4 is 15.2 Å². The number of ether oxygens (including phenoxy) is 1. The van der Waals surface area contributed by atoms with Crippen molar-refractivity contribution < 1.29 is 13.2 Å². The largest absolute Gasteiger partial charge is 0.492 e. The molecule has 0 saturated heterocycles. The average molecular weight is 293 g/mol. The molecule has 2 aromatic rings. The first-order chi connectivity index (χ1) is 9.58. The minimum absolute atomic E-state index is 0.0754. The van der Waals surface area contributed by atoms with Gasteiger partial charge in [0.25, 0.3) is 0 Å². The number of sulfonamides is 1. The summed E-state index contributed by atoms with van der Waals surface area (Å²) in [6.45, 7) is 0.410. The van der Waals surface area contributed by atoms with Crippen molar-refractivity contribution in [1.82, 2.24) is 9.71 Å². The molecule has 0 aliphatic rings. The first-order valence-electron chi connectivity index (χ1n) is 5.97. The summed E-state index contributed by atoms with van der Waals surface area (Å²) < 4.78 is 31.6. The van der Waals surface area contributed by atoms with Crippen molar-refractivity contribution in [2.75, 3.05) is 18.9 Å². The minimum atomic E-state index is -3.58. The van der Waals surface area contributed by atoms with Gasteiger partial charge < -0.3 is 10.5 Å². The number of nitrogens with two attached hydrogens (primary N) is 1. The lowest BCUT2D eigenvalue weighted by Crippen LogP contribution is -2.28. The molecule has 20 heavy (non-hydrogen) atoms. The van der Waals surface area contributed by atoms with E-state index in [1.807, 2.05) is 18.2 Å². The number of aromatic nitrogens is 1. The fourth-order valence-corrected chi connectivity index (χ4v) is 2.45. The summed E-state index contributed by atoms with van der Waals surface area (Å²) >= 11 is 0. The lowest BCUT2D eigenvalue weighted by atomic mass is 10.3. The van der Waals surface area contributed by atoms with Crippen LogP contribution in [0, 0.1) is 0 Å². The maximum absolute atomic E-state index is 11.9. The monoisotopic (exact) mass is 293 g/mol. The first-order valence-corrected chi connectivity index (χ1v) is 7.45. The lowest BCUT2D eigenvalue weighted by Gasteiger charge is -2.08. The van der Waals surface area contributed by atoms with Gasteiger partial charge in [0.15, 0.2) is 0 Å². The van der Waals surface area contributed by atoms with Crippen molar-refractivity contribution in [1.29, 1.82) is 0 Å². The van der Waals surface area contributed by atoms with E-state index in [0.29, 0.717) is 5.75 Å². The smallest absolute Gasteiger partial charge is 0.242 e. The van der Waals surface area contributed by atoms with Crippen molar-refractivity contribution in [2.45, 2.75) is 4.90 Å². The van der Waals surface area contributed by atoms with Gasteiger partial charge in [0.2, 0.25) is 10.0 Å². The predicted octanol–water partition coefficient (Wildman–Crippen LogP) is 1.02. The summed E-state index contributed by atoms with van der Waals surface area (Å²) in [4.78, 5) is 3.82. The quantitative estimate of drug-likeness (QED) is 0.775. The van der Waals surface area contributed by atoms with Crippen LogP contribution in [0.1, 0.15) is 0 Å². The summed E-state index contributed by atoms with van der Waals surface area (Å²) in [5, 5.41) is 0. The Balaban J connectivity index is 1.85. The van der Waals surface area contributed by atoms with Crippen LogP contribution in [0.25, 0.3) is 0 Å². The standard InChI is InChI=1S/C13H15N3O3S/c14-13-7-6-12(10-15-13)20(17,18)16-8-9-19-11-4-2-1-3-5-11/h1-7,10,16H,8-9H2,(H2,14,15). The molecule has 0 amide bonds. The summed E-state index contributed by atoms with van der Waals surface area (Å²) in [5.74, 6) is 0.970. The molecule has 2 rings (SSSR count). The molecule has 0 spiro atoms. The van der Waals surface area contributed by atoms with E-state index in [1.165, 1.54) is 18.3 Å². The number of rotatable bonds is 6. The van der Waals surface area contributed by atoms with Crippen LogP contribution in [-0.4, -0.2) is 26.6 Å². The van der Waals surface area contributed by atoms with Gasteiger partial charge in [-0.2, -0.15) is 0 Å². The molecule has 0 radical (unpaired) electrons. The van der Waals surface area contributed by atoms with Gasteiger partial charge in [0.05, 0.1) is 0 Å². The van der Waals surface area contributed by atoms with E-state index in [2.05, 4.69) is 9.71 Å². The van der Waals surface area contributed by atoms with Crippen LogP contribution in [0.4, 0.5) is 5.82 Å². The van der Waals surface area contributed by atoms with E-state index in [1.54, 1.807) is 12.1 Å². The molecule has 1 heterocycles. The van der Waals surface area contributed by atoms with Crippen molar-refractivity contribution in [3.63, 3.8) is 0 Å². The summed E-state index contributed by atoms with van der Waals surface area (Å²) in [7, 11) is -3.58. The number of benzene rings is 1. The maximum Gasteiger partial charge on any atom is 0.242 e. The second-order valence-corrected chi connectivity index (χ2v) is 5.75. The van der Waals surface area contributed by atoms with E-state index < -0.39 is 10.0 Å². The Morgan fingerprint density at radius 1 is 1.15 bits per heavy atom. The molecule has 7 heteroatoms. The summed E-state index contributed by atoms with van der Waals surface area (Å²) in [6.07, 6.45) is 1.22. The molecule has 0 atom stereocenters. The molecular formula is C13H15N3O3S. The molecule has 0 unspecified atom stereocenters. The van der Waals surface area contributed by atoms with Gasteiger partial charge in [-0.05, 0) is 24.3 Å². The molecule has 106 valence electrons. The number of nitrogen functional groups attached to an aromatic ring is 1. The Kier molecular flexibility index (Phi) is 4.54. The highest BCUT2D eigenvalue weighted by molar-refractivity contribution is 7.89. The third kappa shape index (κ3) is 3.94. The summed E-state index contributed by atoms with van der Waals surface area (Å²) in [5.41, 5.74) is 5.41. The molecule has 3 N–H and O–H groups in total. The second kappa shape index (κ2) is 6.36. The Bertz CT molecular complexity index is 642. The van der Waals surface area contributed by atoms with Crippen molar-refractivity contribution >= 4 is 15.8 Å². The van der Waals surface area contributed by atoms with Crippen LogP contribution in [0.5, 0.6) is 5.75 Å². The number of nitrogens with one attached hydrogen (secondary N) is 1. The van der Waals surface area contributed by atoms with Gasteiger partial charge in [0, 0.05) is 12.7 Å². The van der Waals surface area contributed by atoms with Crippen molar-refractivity contribution in [2.24, 2.45) is 0 Å². The van der Waals surface area contributed by atoms with Gasteiger partial charge in [-0.15, -0.1) is 0 Å². The minimum Gasteiger partial charge on any atom is -0.492 e. The Morgan fingerprint density at radius 2 is 1.90 bits per heavy atom. The van der Waals surface area contributed by atoms with E-state index in [9.17, 15) is 8.42 Å². The number of anilines is 1. The van der Waals surface area contributed by atoms with Crippen LogP contribution in [0.15, 0.2) is 53.6 Å². The van der Waals surface area contributed by atoms with E-state index >= 15 is 0 Å². The molecule has 0 bridgehead atoms. The van der Waals surface area contributed by atoms with Crippen LogP contribution >= 0.6 is 0 Å². The number of para-hydroxylation sites is 1. The van der Waals surface area contributed by atoms with Gasteiger partial charge in [-0.25, -0.2) is 18.1 Å². The summed E-state index contributed by atoms with van der Waals surface area (Å²) in [6, 6.07) is 12.0. The van der Waals surface area contributed by atoms with E-state index in [4.69, 9.17) is 10.5 Å². The van der Waals surface area contributed by atoms with Gasteiger partial charge in [-0.3, -0.25) is 0 Å². The molecular weight excluding hydrogens is 278 g/mol. The molecule has 6 nitrogen and oxygen atoms in total. The van der Waals surface area contributed by atoms with Crippen LogP contribution in [0.2, 0.25) is 0 Å². The molecule has 0 aliphatic heterocycles. The zero-order valence-corrected chi connectivity index (χ0v) is 11.5. The fourth-order valence-electron chi connectivity index (χ4n) is 1.50. The van der Waals surface area contributed by atoms with Crippen LogP contribution in [-0.2, 0) is 10.0 Å². The molecule has 0 aliphatic carbocycles. The number of hydrogen-bond acceptors (Lipinski definition) is 5. The molecule has 1 aromatic carbocycles. The molecule has 0 fully saturated rings. The SMILES string of the molecule is Nc1ccc(S(=O)(=O)NCCOc2ccccc2)cn1. The number of pyridine rings is 1. The van der Waals surface area contributed by atoms with Crippen molar-refractivity contribution in [3.05, 3.63) is 48.7 Å². The van der Waals surface area contributed by atoms with Gasteiger partial charge in [0.1, 0.15) is 23.1 Å². The third-order valence-corrected chi connectivity index (χ3v) is 3.92. The third-order valence-electron chi connectivity index (χ3n) is 2.48. The zero-order valence-electron chi connectivity index (χ0n) is 10.7. The molecule has 0 saturated carbocycles. The lowest BCUT2D eigenvalue weighted by molar-refractivity contribution is 0.323. The topological polar surface area (TPSA) is 94.3 Å². The highest BCUT2D eigenvalue weighted by Crippen LogP contribution is 2.09. The number of hydrogen-bond donors (Lipinski definition) is 2. The van der Waals surface area contributed by atoms with E-state index in [-0.39, 0.29) is 23.9 Å². The Hall–Kier alpha value is -2.12. The van der Waals surface area contributed by atoms with E-state index in [0.717, 1.165) is 0 Å². The Labute approximate surface area is 117 Å². The van der Waals surface area contributed by atoms with Crippen LogP contribution in [0.3, 0.4) is 0 Å². The Morgan fingerprint density at radius 3 is 2.55 bits per heavy atom. The highest BCUT2D eigenvalue weighted by Gasteiger charge is 2.13. The molecule has 1 aromatic heterocycles. The first kappa shape index (κ1) is 14.3. The second-order valence-electron chi connectivity index (χ2n) is 3.98. The zero-order chi connectivity index (χ0) is 14.4. The van der Waals surface area contributed by atoms with Crippen molar-refractivity contribution in [3.8, 4) is 5.75 Å². The maximum atomic E-state index is 11.9. The highest BCUT2D eigenvalue weighted by atomic mass is 32.2. The average Bonchev–Trinajstić information content (AvgIpc) is 2.45. The van der Waals surface area contributed by atoms with Gasteiger partial charge in [-0.1, -0.05) is 18.2 Å². The predicted molar refractivity (Wildman–Crippen MR) is 75.8 cm³/mol. The normalized spacial score (nSPS) is 11.2. The van der Waals surface area contributed by atoms with Gasteiger partial charge >= 0.3 is 0 Å².